The highest BCUT2D eigenvalue weighted by molar-refractivity contribution is 6.06. The molecule has 2 rings (SSSR count). The molecule has 0 fully saturated rings. The molecule has 0 aliphatic rings. The Morgan fingerprint density at radius 2 is 1.56 bits per heavy atom. The van der Waals surface area contributed by atoms with Crippen LogP contribution in [0.25, 0.3) is 10.8 Å². The van der Waals surface area contributed by atoms with E-state index in [2.05, 4.69) is 37.0 Å². The molecule has 0 spiro atoms. The van der Waals surface area contributed by atoms with Crippen LogP contribution in [0.2, 0.25) is 0 Å². The van der Waals surface area contributed by atoms with E-state index in [1.807, 2.05) is 0 Å². The van der Waals surface area contributed by atoms with Crippen LogP contribution in [0.15, 0.2) is 24.4 Å². The van der Waals surface area contributed by atoms with Gasteiger partial charge in [0, 0.05) is 18.5 Å². The predicted octanol–water partition coefficient (Wildman–Crippen LogP) is 6.68. The van der Waals surface area contributed by atoms with E-state index in [9.17, 15) is 4.79 Å². The van der Waals surface area contributed by atoms with E-state index in [-0.39, 0.29) is 5.78 Å². The molecule has 2 nitrogen and oxygen atoms in total. The quantitative estimate of drug-likeness (QED) is 0.337. The van der Waals surface area contributed by atoms with Crippen molar-refractivity contribution in [2.45, 2.75) is 85.0 Å². The van der Waals surface area contributed by atoms with Gasteiger partial charge in [-0.3, -0.25) is 9.78 Å². The van der Waals surface area contributed by atoms with Gasteiger partial charge in [-0.25, -0.2) is 0 Å². The first-order valence-corrected chi connectivity index (χ1v) is 10.1. The van der Waals surface area contributed by atoms with E-state index in [1.165, 1.54) is 67.9 Å². The maximum atomic E-state index is 12.0. The van der Waals surface area contributed by atoms with Gasteiger partial charge in [0.2, 0.25) is 0 Å². The minimum absolute atomic E-state index is 0.0608. The normalized spacial score (nSPS) is 11.2. The molecule has 0 unspecified atom stereocenters. The number of aromatic nitrogens is 1. The van der Waals surface area contributed by atoms with Gasteiger partial charge in [0.05, 0.1) is 0 Å². The minimum Gasteiger partial charge on any atom is -0.293 e. The van der Waals surface area contributed by atoms with Gasteiger partial charge in [-0.15, -0.1) is 0 Å². The zero-order chi connectivity index (χ0) is 18.1. The molecule has 0 amide bonds. The number of fused-ring (bicyclic) bond motifs is 1. The van der Waals surface area contributed by atoms with Gasteiger partial charge in [0.15, 0.2) is 5.78 Å². The number of ketones is 1. The molecule has 0 aliphatic heterocycles. The van der Waals surface area contributed by atoms with E-state index in [1.54, 1.807) is 13.1 Å². The second kappa shape index (κ2) is 10.3. The first-order valence-electron chi connectivity index (χ1n) is 10.1. The van der Waals surface area contributed by atoms with Crippen molar-refractivity contribution >= 4 is 16.6 Å². The Morgan fingerprint density at radius 1 is 0.880 bits per heavy atom. The summed E-state index contributed by atoms with van der Waals surface area (Å²) in [5.41, 5.74) is 3.39. The summed E-state index contributed by atoms with van der Waals surface area (Å²) in [5.74, 6) is 0.0608. The van der Waals surface area contributed by atoms with Gasteiger partial charge in [0.1, 0.15) is 5.69 Å². The van der Waals surface area contributed by atoms with Crippen LogP contribution >= 0.6 is 0 Å². The molecule has 0 radical (unpaired) electrons. The Hall–Kier alpha value is -1.70. The van der Waals surface area contributed by atoms with Gasteiger partial charge in [0.25, 0.3) is 0 Å². The Balaban J connectivity index is 2.30. The van der Waals surface area contributed by atoms with Crippen molar-refractivity contribution in [2.24, 2.45) is 0 Å². The zero-order valence-corrected chi connectivity index (χ0v) is 16.2. The van der Waals surface area contributed by atoms with E-state index < -0.39 is 0 Å². The van der Waals surface area contributed by atoms with E-state index in [0.29, 0.717) is 5.69 Å². The third kappa shape index (κ3) is 5.66. The average molecular weight is 340 g/mol. The zero-order valence-electron chi connectivity index (χ0n) is 16.2. The standard InChI is InChI=1S/C23H33NO/c1-4-6-8-10-12-19-16-20(13-11-9-7-5-2)21-14-15-24-23(18(3)25)22(21)17-19/h14-17H,4-13H2,1-3H3. The molecule has 0 aliphatic carbocycles. The third-order valence-electron chi connectivity index (χ3n) is 4.98. The smallest absolute Gasteiger partial charge is 0.178 e. The number of Topliss-reactive ketones (excluding diaryl/α,β-unsaturated/α-hetero) is 1. The molecule has 0 N–H and O–H groups in total. The number of hydrogen-bond acceptors (Lipinski definition) is 2. The van der Waals surface area contributed by atoms with Crippen molar-refractivity contribution in [1.82, 2.24) is 4.98 Å². The molecule has 136 valence electrons. The molecule has 25 heavy (non-hydrogen) atoms. The predicted molar refractivity (Wildman–Crippen MR) is 107 cm³/mol. The van der Waals surface area contributed by atoms with Crippen molar-refractivity contribution in [1.29, 1.82) is 0 Å². The highest BCUT2D eigenvalue weighted by atomic mass is 16.1. The minimum atomic E-state index is 0.0608. The van der Waals surface area contributed by atoms with Gasteiger partial charge >= 0.3 is 0 Å². The topological polar surface area (TPSA) is 30.0 Å². The summed E-state index contributed by atoms with van der Waals surface area (Å²) < 4.78 is 0. The van der Waals surface area contributed by atoms with Gasteiger partial charge in [-0.2, -0.15) is 0 Å². The second-order valence-corrected chi connectivity index (χ2v) is 7.19. The highest BCUT2D eigenvalue weighted by Crippen LogP contribution is 2.26. The lowest BCUT2D eigenvalue weighted by atomic mass is 9.93. The van der Waals surface area contributed by atoms with E-state index in [4.69, 9.17) is 0 Å². The number of aryl methyl sites for hydroxylation is 2. The van der Waals surface area contributed by atoms with Crippen LogP contribution in [0, 0.1) is 0 Å². The first kappa shape index (κ1) is 19.6. The van der Waals surface area contributed by atoms with Crippen molar-refractivity contribution in [3.8, 4) is 0 Å². The fourth-order valence-corrected chi connectivity index (χ4v) is 3.56. The Bertz CT molecular complexity index is 690. The largest absolute Gasteiger partial charge is 0.293 e. The maximum absolute atomic E-state index is 12.0. The molecule has 1 heterocycles. The van der Waals surface area contributed by atoms with Crippen LogP contribution in [0.3, 0.4) is 0 Å². The number of hydrogen-bond donors (Lipinski definition) is 0. The van der Waals surface area contributed by atoms with Crippen LogP contribution in [-0.2, 0) is 12.8 Å². The van der Waals surface area contributed by atoms with Crippen molar-refractivity contribution in [3.05, 3.63) is 41.2 Å². The van der Waals surface area contributed by atoms with E-state index in [0.717, 1.165) is 18.2 Å². The molecule has 1 aromatic heterocycles. The van der Waals surface area contributed by atoms with Gasteiger partial charge in [-0.1, -0.05) is 58.4 Å². The van der Waals surface area contributed by atoms with Crippen LogP contribution in [-0.4, -0.2) is 10.8 Å². The fraction of sp³-hybridized carbons (Fsp3) is 0.565. The molecule has 0 bridgehead atoms. The van der Waals surface area contributed by atoms with Crippen LogP contribution in [0.5, 0.6) is 0 Å². The summed E-state index contributed by atoms with van der Waals surface area (Å²) in [7, 11) is 0. The highest BCUT2D eigenvalue weighted by Gasteiger charge is 2.11. The number of benzene rings is 1. The summed E-state index contributed by atoms with van der Waals surface area (Å²) in [6.45, 7) is 6.11. The molecule has 0 saturated carbocycles. The third-order valence-corrected chi connectivity index (χ3v) is 4.98. The van der Waals surface area contributed by atoms with Crippen molar-refractivity contribution in [2.75, 3.05) is 0 Å². The lowest BCUT2D eigenvalue weighted by Gasteiger charge is -2.12. The van der Waals surface area contributed by atoms with Crippen LogP contribution in [0.1, 0.15) is 93.8 Å². The molecular weight excluding hydrogens is 306 g/mol. The lowest BCUT2D eigenvalue weighted by molar-refractivity contribution is 0.101. The number of rotatable bonds is 11. The number of nitrogens with zero attached hydrogens (tertiary/aromatic N) is 1. The summed E-state index contributed by atoms with van der Waals surface area (Å²) in [6.07, 6.45) is 14.1. The van der Waals surface area contributed by atoms with E-state index >= 15 is 0 Å². The van der Waals surface area contributed by atoms with Crippen LogP contribution < -0.4 is 0 Å². The lowest BCUT2D eigenvalue weighted by Crippen LogP contribution is -2.01. The Labute approximate surface area is 153 Å². The Morgan fingerprint density at radius 3 is 2.20 bits per heavy atom. The number of pyridine rings is 1. The monoisotopic (exact) mass is 339 g/mol. The van der Waals surface area contributed by atoms with Crippen molar-refractivity contribution < 1.29 is 4.79 Å². The summed E-state index contributed by atoms with van der Waals surface area (Å²) in [4.78, 5) is 16.4. The number of carbonyl (C=O) groups is 1. The van der Waals surface area contributed by atoms with Gasteiger partial charge < -0.3 is 0 Å². The summed E-state index contributed by atoms with van der Waals surface area (Å²) in [5, 5.41) is 2.27. The maximum Gasteiger partial charge on any atom is 0.178 e. The second-order valence-electron chi connectivity index (χ2n) is 7.19. The molecule has 2 aromatic rings. The number of unbranched alkanes of at least 4 members (excludes halogenated alkanes) is 6. The number of carbonyl (C=O) groups excluding carboxylic acids is 1. The molecule has 1 aromatic carbocycles. The Kier molecular flexibility index (Phi) is 8.11. The van der Waals surface area contributed by atoms with Crippen LogP contribution in [0.4, 0.5) is 0 Å². The average Bonchev–Trinajstić information content (AvgIpc) is 2.61. The van der Waals surface area contributed by atoms with Crippen molar-refractivity contribution in [3.63, 3.8) is 0 Å². The molecule has 0 atom stereocenters. The first-order chi connectivity index (χ1) is 12.2. The SMILES string of the molecule is CCCCCCc1cc(CCCCCC)c2ccnc(C(C)=O)c2c1. The summed E-state index contributed by atoms with van der Waals surface area (Å²) >= 11 is 0. The summed E-state index contributed by atoms with van der Waals surface area (Å²) in [6, 6.07) is 6.67. The molecular formula is C23H33NO. The molecule has 0 saturated heterocycles. The van der Waals surface area contributed by atoms with Gasteiger partial charge in [-0.05, 0) is 54.3 Å². The fourth-order valence-electron chi connectivity index (χ4n) is 3.56. The molecule has 2 heteroatoms.